The molecule has 6 aromatic carbocycles. The predicted molar refractivity (Wildman–Crippen MR) is 384 cm³/mol. The third-order valence-corrected chi connectivity index (χ3v) is 14.4. The minimum Gasteiger partial charge on any atom is -0.384 e. The molecule has 88 heavy (non-hydrogen) atoms. The highest BCUT2D eigenvalue weighted by Gasteiger charge is 2.35. The van der Waals surface area contributed by atoms with Crippen LogP contribution in [0.3, 0.4) is 0 Å². The van der Waals surface area contributed by atoms with E-state index in [2.05, 4.69) is 257 Å². The molecule has 0 unspecified atom stereocenters. The van der Waals surface area contributed by atoms with Crippen molar-refractivity contribution in [2.75, 3.05) is 26.4 Å². The van der Waals surface area contributed by atoms with E-state index in [9.17, 15) is 0 Å². The smallest absolute Gasteiger partial charge is 0.130 e. The van der Waals surface area contributed by atoms with Gasteiger partial charge in [0.15, 0.2) is 0 Å². The first-order valence-corrected chi connectivity index (χ1v) is 42.7. The maximum Gasteiger partial charge on any atom is 0.130 e. The molecule has 4 nitrogen and oxygen atoms in total. The second-order valence-electron chi connectivity index (χ2n) is 23.8. The van der Waals surface area contributed by atoms with E-state index in [0.29, 0.717) is 0 Å². The topological polar surface area (TPSA) is 80.9 Å². The molecular weight excluding hydrogens is 1140 g/mol. The third-order valence-electron chi connectivity index (χ3n) is 10.9. The standard InChI is InChI=1S/C21H18O2.C16H10.C13H14Si.C12H10O2.C10H18Si2.C8H12Si/c1-21(2)19-13-15(5-3-11-22)7-9-17(19)18-10-8-16(6-4-12-23)14-20(18)21;1-3-9-15(10-4-1)13-7-8-14-16-11-5-2-6-12-16;1-14(2,3)12-8-7-11-13-9-5-4-6-10-13;13-9-1-3-11-5-7-12(8-6-11)4-2-10-14;1-11(2,3)9-7-8-10-12(4,5)6;1-5-6-7-8-9(2,3)4/h7-10,13-14,22-23H,11-12H2,1-2H3;1-6,9-12H;4-6,9-10H,1-3H3;5-8,13-14H,9-10H2;1-6H3;1-4H3. The molecule has 1 aliphatic rings. The van der Waals surface area contributed by atoms with Crippen LogP contribution in [0.5, 0.6) is 0 Å². The first-order valence-electron chi connectivity index (χ1n) is 28.7. The molecule has 6 aromatic rings. The normalized spacial score (nSPS) is 10.1. The zero-order chi connectivity index (χ0) is 65.3. The molecule has 0 heterocycles. The Bertz CT molecular complexity index is 3830. The zero-order valence-corrected chi connectivity index (χ0v) is 58.1. The third kappa shape index (κ3) is 34.6. The Morgan fingerprint density at radius 1 is 0.295 bits per heavy atom. The van der Waals surface area contributed by atoms with Crippen LogP contribution in [0.4, 0.5) is 0 Å². The molecule has 0 saturated carbocycles. The van der Waals surface area contributed by atoms with Crippen LogP contribution in [0.15, 0.2) is 152 Å². The van der Waals surface area contributed by atoms with Crippen molar-refractivity contribution in [2.45, 2.75) is 105 Å². The number of benzene rings is 6. The first-order chi connectivity index (χ1) is 41.7. The summed E-state index contributed by atoms with van der Waals surface area (Å²) >= 11 is 0. The summed E-state index contributed by atoms with van der Waals surface area (Å²) in [6.45, 7) is 32.3. The van der Waals surface area contributed by atoms with Crippen molar-refractivity contribution in [1.82, 2.24) is 0 Å². The van der Waals surface area contributed by atoms with E-state index >= 15 is 0 Å². The van der Waals surface area contributed by atoms with Gasteiger partial charge >= 0.3 is 0 Å². The Kier molecular flexibility index (Phi) is 34.2. The summed E-state index contributed by atoms with van der Waals surface area (Å²) in [6.07, 6.45) is 0. The Balaban J connectivity index is 0.000000369. The highest BCUT2D eigenvalue weighted by Crippen LogP contribution is 2.49. The molecule has 0 aliphatic heterocycles. The lowest BCUT2D eigenvalue weighted by atomic mass is 9.81. The van der Waals surface area contributed by atoms with Crippen molar-refractivity contribution < 1.29 is 20.4 Å². The van der Waals surface area contributed by atoms with Gasteiger partial charge in [-0.15, -0.1) is 22.2 Å². The summed E-state index contributed by atoms with van der Waals surface area (Å²) in [5.74, 6) is 56.7. The highest BCUT2D eigenvalue weighted by molar-refractivity contribution is 6.85. The fourth-order valence-electron chi connectivity index (χ4n) is 6.91. The molecule has 0 aromatic heterocycles. The zero-order valence-electron chi connectivity index (χ0n) is 54.1. The minimum absolute atomic E-state index is 0.127. The van der Waals surface area contributed by atoms with Gasteiger partial charge in [0.25, 0.3) is 0 Å². The number of hydrogen-bond donors (Lipinski definition) is 4. The fourth-order valence-corrected chi connectivity index (χ4v) is 8.66. The van der Waals surface area contributed by atoms with Crippen molar-refractivity contribution >= 4 is 32.3 Å². The number of rotatable bonds is 0. The van der Waals surface area contributed by atoms with Gasteiger partial charge in [-0.3, -0.25) is 0 Å². The van der Waals surface area contributed by atoms with Crippen molar-refractivity contribution in [1.29, 1.82) is 0 Å². The molecule has 442 valence electrons. The van der Waals surface area contributed by atoms with E-state index in [4.69, 9.17) is 20.4 Å². The molecule has 7 rings (SSSR count). The van der Waals surface area contributed by atoms with Crippen LogP contribution in [0.1, 0.15) is 70.8 Å². The molecule has 0 radical (unpaired) electrons. The molecule has 4 N–H and O–H groups in total. The molecule has 0 amide bonds. The molecule has 0 saturated heterocycles. The van der Waals surface area contributed by atoms with Gasteiger partial charge in [-0.05, 0) is 161 Å². The van der Waals surface area contributed by atoms with Gasteiger partial charge in [-0.25, -0.2) is 0 Å². The van der Waals surface area contributed by atoms with Crippen molar-refractivity contribution in [3.63, 3.8) is 0 Å². The van der Waals surface area contributed by atoms with E-state index in [1.165, 1.54) is 22.3 Å². The van der Waals surface area contributed by atoms with Crippen LogP contribution in [-0.2, 0) is 5.41 Å². The van der Waals surface area contributed by atoms with Crippen LogP contribution in [-0.4, -0.2) is 79.1 Å². The van der Waals surface area contributed by atoms with Crippen LogP contribution in [0.25, 0.3) is 11.1 Å². The maximum absolute atomic E-state index is 8.86. The maximum atomic E-state index is 8.86. The van der Waals surface area contributed by atoms with Crippen LogP contribution in [0, 0.1) is 141 Å². The second kappa shape index (κ2) is 40.2. The summed E-state index contributed by atoms with van der Waals surface area (Å²) in [5.41, 5.74) is 24.1. The summed E-state index contributed by atoms with van der Waals surface area (Å²) in [4.78, 5) is 0. The molecule has 0 bridgehead atoms. The molecular formula is C80H82O4Si4. The molecule has 8 heteroatoms. The lowest BCUT2D eigenvalue weighted by Gasteiger charge is -2.21. The van der Waals surface area contributed by atoms with Crippen molar-refractivity contribution in [3.8, 4) is 152 Å². The van der Waals surface area contributed by atoms with E-state index in [0.717, 1.165) is 38.9 Å². The molecule has 1 aliphatic carbocycles. The lowest BCUT2D eigenvalue weighted by molar-refractivity contribution is 0.350. The predicted octanol–water partition coefficient (Wildman–Crippen LogP) is 13.7. The van der Waals surface area contributed by atoms with Gasteiger partial charge in [-0.1, -0.05) is 230 Å². The number of hydrogen-bond acceptors (Lipinski definition) is 4. The number of fused-ring (bicyclic) bond motifs is 3. The highest BCUT2D eigenvalue weighted by atomic mass is 28.3. The Labute approximate surface area is 533 Å². The van der Waals surface area contributed by atoms with Crippen molar-refractivity contribution in [2.24, 2.45) is 0 Å². The van der Waals surface area contributed by atoms with E-state index in [1.54, 1.807) is 6.92 Å². The summed E-state index contributed by atoms with van der Waals surface area (Å²) in [6, 6.07) is 49.3. The quantitative estimate of drug-likeness (QED) is 0.0902. The fraction of sp³-hybridized carbons (Fsp3) is 0.250. The number of aliphatic hydroxyl groups excluding tert-OH is 4. The molecule has 0 atom stereocenters. The Morgan fingerprint density at radius 3 is 0.807 bits per heavy atom. The lowest BCUT2D eigenvalue weighted by Crippen LogP contribution is -2.17. The minimum atomic E-state index is -1.26. The van der Waals surface area contributed by atoms with E-state index in [-0.39, 0.29) is 31.8 Å². The van der Waals surface area contributed by atoms with Gasteiger partial charge in [0.2, 0.25) is 0 Å². The Morgan fingerprint density at radius 2 is 0.534 bits per heavy atom. The average molecular weight is 1220 g/mol. The van der Waals surface area contributed by atoms with E-state index in [1.807, 2.05) is 127 Å². The van der Waals surface area contributed by atoms with Crippen LogP contribution in [0.2, 0.25) is 78.6 Å². The van der Waals surface area contributed by atoms with Crippen LogP contribution < -0.4 is 0 Å². The van der Waals surface area contributed by atoms with Gasteiger partial charge < -0.3 is 20.4 Å². The van der Waals surface area contributed by atoms with E-state index < -0.39 is 32.3 Å². The Hall–Kier alpha value is -9.25. The van der Waals surface area contributed by atoms with Crippen molar-refractivity contribution in [3.05, 3.63) is 202 Å². The average Bonchev–Trinajstić information content (AvgIpc) is 2.20. The SMILES string of the molecule is C(C#Cc1ccccc1)#Cc1ccccc1.CC#CC#C[Si](C)(C)C.CC1(C)c2cc(C#CCO)ccc2-c2ccc(C#CCO)cc21.C[Si](C)(C)C#CC#C[Si](C)(C)C.C[Si](C)(C)C#CC#Cc1ccccc1.OCC#Cc1ccc(C#CCO)cc1. The second-order valence-corrected chi connectivity index (χ2v) is 42.8. The largest absolute Gasteiger partial charge is 0.384 e. The van der Waals surface area contributed by atoms with Gasteiger partial charge in [0.1, 0.15) is 58.7 Å². The molecule has 0 fully saturated rings. The van der Waals surface area contributed by atoms with Crippen LogP contribution >= 0.6 is 0 Å². The monoisotopic (exact) mass is 1220 g/mol. The summed E-state index contributed by atoms with van der Waals surface area (Å²) in [5, 5.41) is 34.7. The molecule has 0 spiro atoms. The van der Waals surface area contributed by atoms with Gasteiger partial charge in [-0.2, -0.15) is 0 Å². The van der Waals surface area contributed by atoms with Gasteiger partial charge in [0.05, 0.1) is 0 Å². The summed E-state index contributed by atoms with van der Waals surface area (Å²) < 4.78 is 0. The van der Waals surface area contributed by atoms with Gasteiger partial charge in [0, 0.05) is 44.4 Å². The summed E-state index contributed by atoms with van der Waals surface area (Å²) in [7, 11) is -4.82. The first kappa shape index (κ1) is 74.8. The number of aliphatic hydroxyl groups is 4.